The minimum atomic E-state index is -0.261. The lowest BCUT2D eigenvalue weighted by Crippen LogP contribution is -2.47. The van der Waals surface area contributed by atoms with E-state index in [4.69, 9.17) is 9.72 Å². The van der Waals surface area contributed by atoms with E-state index in [0.29, 0.717) is 18.1 Å². The molecule has 5 heterocycles. The number of para-hydroxylation sites is 1. The smallest absolute Gasteiger partial charge is 0.270 e. The molecule has 3 aliphatic heterocycles. The summed E-state index contributed by atoms with van der Waals surface area (Å²) in [5.41, 5.74) is 5.13. The van der Waals surface area contributed by atoms with Crippen molar-refractivity contribution in [2.24, 2.45) is 0 Å². The van der Waals surface area contributed by atoms with Crippen LogP contribution in [0.3, 0.4) is 0 Å². The maximum absolute atomic E-state index is 12.3. The van der Waals surface area contributed by atoms with E-state index in [1.165, 1.54) is 22.2 Å². The molecule has 0 bridgehead atoms. The number of nitrogens with zero attached hydrogens (tertiary/aromatic N) is 3. The molecule has 30 heavy (non-hydrogen) atoms. The Balaban J connectivity index is 1.34. The number of benzene rings is 1. The highest BCUT2D eigenvalue weighted by Crippen LogP contribution is 2.44. The maximum atomic E-state index is 12.3. The number of hydrogen-bond donors (Lipinski definition) is 2. The Morgan fingerprint density at radius 3 is 2.80 bits per heavy atom. The average molecular weight is 403 g/mol. The van der Waals surface area contributed by atoms with Crippen LogP contribution in [0.4, 0.5) is 5.82 Å². The summed E-state index contributed by atoms with van der Waals surface area (Å²) in [6, 6.07) is 8.55. The molecule has 0 unspecified atom stereocenters. The molecule has 1 saturated heterocycles. The van der Waals surface area contributed by atoms with Crippen LogP contribution in [0.2, 0.25) is 0 Å². The van der Waals surface area contributed by atoms with E-state index >= 15 is 0 Å². The average Bonchev–Trinajstić information content (AvgIpc) is 3.15. The third kappa shape index (κ3) is 2.58. The van der Waals surface area contributed by atoms with Crippen LogP contribution >= 0.6 is 0 Å². The fourth-order valence-electron chi connectivity index (χ4n) is 5.39. The number of aromatic amines is 1. The normalized spacial score (nSPS) is 20.2. The minimum absolute atomic E-state index is 0.0881. The van der Waals surface area contributed by atoms with E-state index in [0.717, 1.165) is 56.8 Å². The summed E-state index contributed by atoms with van der Waals surface area (Å²) < 4.78 is 6.45. The molecule has 0 radical (unpaired) electrons. The van der Waals surface area contributed by atoms with Gasteiger partial charge in [-0.2, -0.15) is 0 Å². The van der Waals surface area contributed by atoms with Gasteiger partial charge in [0.15, 0.2) is 0 Å². The number of fused-ring (bicyclic) bond motifs is 5. The van der Waals surface area contributed by atoms with E-state index in [-0.39, 0.29) is 11.5 Å². The van der Waals surface area contributed by atoms with Crippen LogP contribution in [0.5, 0.6) is 0 Å². The van der Waals surface area contributed by atoms with Gasteiger partial charge in [-0.1, -0.05) is 18.2 Å². The van der Waals surface area contributed by atoms with E-state index < -0.39 is 0 Å². The second-order valence-electron chi connectivity index (χ2n) is 8.53. The second-order valence-corrected chi connectivity index (χ2v) is 8.53. The number of ether oxygens (including phenoxy) is 1. The molecule has 2 N–H and O–H groups in total. The van der Waals surface area contributed by atoms with Crippen LogP contribution in [-0.4, -0.2) is 47.1 Å². The van der Waals surface area contributed by atoms with Crippen molar-refractivity contribution < 1.29 is 9.53 Å². The summed E-state index contributed by atoms with van der Waals surface area (Å²) in [6.07, 6.45) is 3.53. The van der Waals surface area contributed by atoms with Gasteiger partial charge in [-0.15, -0.1) is 0 Å². The van der Waals surface area contributed by atoms with Crippen molar-refractivity contribution >= 4 is 22.6 Å². The number of carbonyl (C=O) groups excluding carboxylic acids is 1. The van der Waals surface area contributed by atoms with Crippen LogP contribution in [0.1, 0.15) is 46.0 Å². The molecule has 6 rings (SSSR count). The summed E-state index contributed by atoms with van der Waals surface area (Å²) in [6.45, 7) is 4.96. The molecule has 3 aliphatic rings. The van der Waals surface area contributed by atoms with E-state index in [1.54, 1.807) is 0 Å². The Morgan fingerprint density at radius 1 is 1.10 bits per heavy atom. The highest BCUT2D eigenvalue weighted by atomic mass is 16.5. The molecular formula is C23H25N5O2. The molecule has 7 nitrogen and oxygen atoms in total. The van der Waals surface area contributed by atoms with Gasteiger partial charge in [0.05, 0.1) is 12.3 Å². The van der Waals surface area contributed by atoms with Gasteiger partial charge in [-0.3, -0.25) is 4.79 Å². The Bertz CT molecular complexity index is 1160. The molecule has 154 valence electrons. The highest BCUT2D eigenvalue weighted by Gasteiger charge is 2.43. The van der Waals surface area contributed by atoms with Gasteiger partial charge in [-0.05, 0) is 44.2 Å². The predicted octanol–water partition coefficient (Wildman–Crippen LogP) is 2.62. The fraction of sp³-hybridized carbons (Fsp3) is 0.435. The fourth-order valence-corrected chi connectivity index (χ4v) is 5.39. The van der Waals surface area contributed by atoms with Gasteiger partial charge >= 0.3 is 0 Å². The highest BCUT2D eigenvalue weighted by molar-refractivity contribution is 5.96. The number of aryl methyl sites for hydroxylation is 1. The van der Waals surface area contributed by atoms with Gasteiger partial charge in [-0.25, -0.2) is 9.97 Å². The van der Waals surface area contributed by atoms with Gasteiger partial charge in [0.25, 0.3) is 5.91 Å². The zero-order valence-corrected chi connectivity index (χ0v) is 17.1. The molecule has 0 aliphatic carbocycles. The lowest BCUT2D eigenvalue weighted by atomic mass is 9.83. The first-order valence-corrected chi connectivity index (χ1v) is 10.8. The predicted molar refractivity (Wildman–Crippen MR) is 114 cm³/mol. The Kier molecular flexibility index (Phi) is 3.90. The van der Waals surface area contributed by atoms with E-state index in [2.05, 4.69) is 44.5 Å². The lowest BCUT2D eigenvalue weighted by Gasteiger charge is -2.44. The van der Waals surface area contributed by atoms with Crippen LogP contribution in [0.15, 0.2) is 24.3 Å². The quantitative estimate of drug-likeness (QED) is 0.653. The standard InChI is InChI=1S/C23H25N5O2/c1-14-25-19-17(6-10-24-22(19)29)21(26-14)28-11-8-23(9-12-28)20-16(7-13-30-23)15-4-2-3-5-18(15)27-20/h2-5,27H,6-13H2,1H3,(H,24,29). The van der Waals surface area contributed by atoms with Gasteiger partial charge in [0.1, 0.15) is 22.9 Å². The Hall–Kier alpha value is -2.93. The number of rotatable bonds is 1. The summed E-state index contributed by atoms with van der Waals surface area (Å²) >= 11 is 0. The molecule has 1 aromatic carbocycles. The number of H-pyrrole nitrogens is 1. The first-order valence-electron chi connectivity index (χ1n) is 10.8. The van der Waals surface area contributed by atoms with Crippen molar-refractivity contribution in [2.45, 2.75) is 38.2 Å². The third-order valence-corrected chi connectivity index (χ3v) is 6.84. The molecule has 1 fully saturated rings. The largest absolute Gasteiger partial charge is 0.368 e. The van der Waals surface area contributed by atoms with Gasteiger partial charge in [0, 0.05) is 36.1 Å². The van der Waals surface area contributed by atoms with Crippen LogP contribution in [0.25, 0.3) is 10.9 Å². The van der Waals surface area contributed by atoms with Gasteiger partial charge in [0.2, 0.25) is 0 Å². The minimum Gasteiger partial charge on any atom is -0.368 e. The Labute approximate surface area is 174 Å². The molecule has 2 aromatic heterocycles. The van der Waals surface area contributed by atoms with E-state index in [9.17, 15) is 4.79 Å². The molecule has 7 heteroatoms. The number of carbonyl (C=O) groups is 1. The summed E-state index contributed by atoms with van der Waals surface area (Å²) in [5, 5.41) is 4.22. The van der Waals surface area contributed by atoms with Crippen molar-refractivity contribution in [1.29, 1.82) is 0 Å². The molecule has 0 atom stereocenters. The number of amides is 1. The van der Waals surface area contributed by atoms with Crippen LogP contribution < -0.4 is 10.2 Å². The molecule has 1 amide bonds. The molecular weight excluding hydrogens is 378 g/mol. The van der Waals surface area contributed by atoms with Gasteiger partial charge < -0.3 is 19.9 Å². The monoisotopic (exact) mass is 403 g/mol. The maximum Gasteiger partial charge on any atom is 0.270 e. The number of hydrogen-bond acceptors (Lipinski definition) is 5. The second kappa shape index (κ2) is 6.54. The van der Waals surface area contributed by atoms with Crippen molar-refractivity contribution in [3.05, 3.63) is 52.6 Å². The number of anilines is 1. The number of nitrogens with one attached hydrogen (secondary N) is 2. The van der Waals surface area contributed by atoms with Crippen molar-refractivity contribution in [3.63, 3.8) is 0 Å². The summed E-state index contributed by atoms with van der Waals surface area (Å²) in [7, 11) is 0. The summed E-state index contributed by atoms with van der Waals surface area (Å²) in [5.74, 6) is 1.48. The third-order valence-electron chi connectivity index (χ3n) is 6.84. The van der Waals surface area contributed by atoms with Crippen molar-refractivity contribution in [3.8, 4) is 0 Å². The zero-order chi connectivity index (χ0) is 20.3. The SMILES string of the molecule is Cc1nc2c(c(N3CCC4(CC3)OCCc3c4[nH]c4ccccc34)n1)CCNC2=O. The topological polar surface area (TPSA) is 83.1 Å². The van der Waals surface area contributed by atoms with E-state index in [1.807, 2.05) is 6.92 Å². The Morgan fingerprint density at radius 2 is 1.93 bits per heavy atom. The first kappa shape index (κ1) is 17.9. The zero-order valence-electron chi connectivity index (χ0n) is 17.1. The first-order chi connectivity index (χ1) is 14.6. The lowest BCUT2D eigenvalue weighted by molar-refractivity contribution is -0.0791. The van der Waals surface area contributed by atoms with Crippen LogP contribution in [0, 0.1) is 6.92 Å². The van der Waals surface area contributed by atoms with Crippen molar-refractivity contribution in [2.75, 3.05) is 31.1 Å². The molecule has 3 aromatic rings. The van der Waals surface area contributed by atoms with Crippen molar-refractivity contribution in [1.82, 2.24) is 20.3 Å². The van der Waals surface area contributed by atoms with Crippen LogP contribution in [-0.2, 0) is 23.2 Å². The number of piperidine rings is 1. The number of aromatic nitrogens is 3. The molecule has 1 spiro atoms. The molecule has 0 saturated carbocycles. The summed E-state index contributed by atoms with van der Waals surface area (Å²) in [4.78, 5) is 27.4.